The van der Waals surface area contributed by atoms with E-state index in [2.05, 4.69) is 10.3 Å². The topological polar surface area (TPSA) is 53.8 Å². The van der Waals surface area contributed by atoms with E-state index in [9.17, 15) is 0 Å². The van der Waals surface area contributed by atoms with E-state index in [-0.39, 0.29) is 0 Å². The Morgan fingerprint density at radius 3 is 3.20 bits per heavy atom. The second-order valence-corrected chi connectivity index (χ2v) is 2.66. The summed E-state index contributed by atoms with van der Waals surface area (Å²) in [6, 6.07) is 2.02. The quantitative estimate of drug-likeness (QED) is 0.480. The van der Waals surface area contributed by atoms with Crippen LogP contribution in [0.15, 0.2) is 6.07 Å². The zero-order valence-corrected chi connectivity index (χ0v) is 5.78. The standard InChI is InChI=1S/C7H11N3/c8-7-3-5-1-2-9-4-6(5)10-7/h3,9-10H,1-2,4,8H2. The van der Waals surface area contributed by atoms with Crippen molar-refractivity contribution in [2.75, 3.05) is 12.3 Å². The largest absolute Gasteiger partial charge is 0.385 e. The third-order valence-electron chi connectivity index (χ3n) is 1.89. The summed E-state index contributed by atoms with van der Waals surface area (Å²) in [5, 5.41) is 3.27. The molecule has 0 aliphatic carbocycles. The van der Waals surface area contributed by atoms with Crippen molar-refractivity contribution in [3.05, 3.63) is 17.3 Å². The van der Waals surface area contributed by atoms with Crippen LogP contribution in [-0.4, -0.2) is 11.5 Å². The van der Waals surface area contributed by atoms with E-state index in [1.165, 1.54) is 11.3 Å². The van der Waals surface area contributed by atoms with Crippen molar-refractivity contribution in [3.8, 4) is 0 Å². The van der Waals surface area contributed by atoms with Gasteiger partial charge in [0.15, 0.2) is 0 Å². The van der Waals surface area contributed by atoms with Crippen LogP contribution in [0, 0.1) is 0 Å². The predicted molar refractivity (Wildman–Crippen MR) is 40.6 cm³/mol. The molecule has 0 amide bonds. The molecule has 1 aromatic rings. The van der Waals surface area contributed by atoms with Crippen LogP contribution in [0.5, 0.6) is 0 Å². The van der Waals surface area contributed by atoms with Crippen molar-refractivity contribution < 1.29 is 0 Å². The smallest absolute Gasteiger partial charge is 0.101 e. The van der Waals surface area contributed by atoms with Crippen LogP contribution in [0.25, 0.3) is 0 Å². The number of nitrogens with one attached hydrogen (secondary N) is 2. The Hall–Kier alpha value is -0.960. The van der Waals surface area contributed by atoms with E-state index in [0.717, 1.165) is 25.3 Å². The number of aromatic amines is 1. The van der Waals surface area contributed by atoms with Gasteiger partial charge in [0.1, 0.15) is 5.82 Å². The lowest BCUT2D eigenvalue weighted by Crippen LogP contribution is -2.22. The van der Waals surface area contributed by atoms with Gasteiger partial charge in [-0.3, -0.25) is 0 Å². The second kappa shape index (κ2) is 2.02. The molecule has 0 radical (unpaired) electrons. The first-order chi connectivity index (χ1) is 4.86. The first-order valence-corrected chi connectivity index (χ1v) is 3.53. The SMILES string of the molecule is Nc1cc2c([nH]1)CNCC2. The molecule has 0 atom stereocenters. The summed E-state index contributed by atoms with van der Waals surface area (Å²) in [6.07, 6.45) is 1.10. The summed E-state index contributed by atoms with van der Waals surface area (Å²) >= 11 is 0. The summed E-state index contributed by atoms with van der Waals surface area (Å²) in [7, 11) is 0. The van der Waals surface area contributed by atoms with Crippen LogP contribution in [0.3, 0.4) is 0 Å². The minimum absolute atomic E-state index is 0.786. The number of fused-ring (bicyclic) bond motifs is 1. The molecule has 4 N–H and O–H groups in total. The molecule has 0 saturated carbocycles. The van der Waals surface area contributed by atoms with Crippen molar-refractivity contribution >= 4 is 5.82 Å². The fourth-order valence-electron chi connectivity index (χ4n) is 1.38. The predicted octanol–water partition coefficient (Wildman–Crippen LogP) is 0.243. The Balaban J connectivity index is 2.41. The molecular formula is C7H11N3. The van der Waals surface area contributed by atoms with E-state index < -0.39 is 0 Å². The van der Waals surface area contributed by atoms with Crippen LogP contribution in [0.4, 0.5) is 5.82 Å². The Morgan fingerprint density at radius 1 is 1.50 bits per heavy atom. The number of H-pyrrole nitrogens is 1. The zero-order chi connectivity index (χ0) is 6.97. The van der Waals surface area contributed by atoms with E-state index in [0.29, 0.717) is 0 Å². The lowest BCUT2D eigenvalue weighted by atomic mass is 10.1. The molecule has 1 aromatic heterocycles. The van der Waals surface area contributed by atoms with Gasteiger partial charge in [-0.25, -0.2) is 0 Å². The van der Waals surface area contributed by atoms with Crippen molar-refractivity contribution in [1.29, 1.82) is 0 Å². The Bertz CT molecular complexity index is 215. The molecule has 2 heterocycles. The summed E-state index contributed by atoms with van der Waals surface area (Å²) in [4.78, 5) is 3.11. The summed E-state index contributed by atoms with van der Waals surface area (Å²) in [6.45, 7) is 2.01. The minimum Gasteiger partial charge on any atom is -0.385 e. The monoisotopic (exact) mass is 137 g/mol. The van der Waals surface area contributed by atoms with Gasteiger partial charge in [-0.15, -0.1) is 0 Å². The molecule has 3 heteroatoms. The fraction of sp³-hybridized carbons (Fsp3) is 0.429. The average molecular weight is 137 g/mol. The Morgan fingerprint density at radius 2 is 2.40 bits per heavy atom. The first kappa shape index (κ1) is 5.80. The first-order valence-electron chi connectivity index (χ1n) is 3.53. The van der Waals surface area contributed by atoms with Gasteiger partial charge in [0.05, 0.1) is 0 Å². The van der Waals surface area contributed by atoms with Gasteiger partial charge >= 0.3 is 0 Å². The molecule has 0 aromatic carbocycles. The van der Waals surface area contributed by atoms with Gasteiger partial charge in [0.2, 0.25) is 0 Å². The molecule has 54 valence electrons. The van der Waals surface area contributed by atoms with Gasteiger partial charge < -0.3 is 16.0 Å². The molecule has 0 bridgehead atoms. The third-order valence-corrected chi connectivity index (χ3v) is 1.89. The highest BCUT2D eigenvalue weighted by Gasteiger charge is 2.09. The minimum atomic E-state index is 0.786. The molecule has 0 saturated heterocycles. The van der Waals surface area contributed by atoms with Crippen LogP contribution >= 0.6 is 0 Å². The molecule has 1 aliphatic rings. The third kappa shape index (κ3) is 0.789. The summed E-state index contributed by atoms with van der Waals surface area (Å²) in [5.74, 6) is 0.786. The number of aromatic nitrogens is 1. The number of nitrogen functional groups attached to an aromatic ring is 1. The number of hydrogen-bond donors (Lipinski definition) is 3. The molecule has 1 aliphatic heterocycles. The molecule has 0 spiro atoms. The maximum absolute atomic E-state index is 5.58. The van der Waals surface area contributed by atoms with Gasteiger partial charge in [0, 0.05) is 12.2 Å². The maximum Gasteiger partial charge on any atom is 0.101 e. The van der Waals surface area contributed by atoms with Crippen LogP contribution in [-0.2, 0) is 13.0 Å². The van der Waals surface area contributed by atoms with Crippen molar-refractivity contribution in [1.82, 2.24) is 10.3 Å². The van der Waals surface area contributed by atoms with Gasteiger partial charge in [-0.05, 0) is 24.6 Å². The van der Waals surface area contributed by atoms with Gasteiger partial charge in [0.25, 0.3) is 0 Å². The zero-order valence-electron chi connectivity index (χ0n) is 5.78. The highest BCUT2D eigenvalue weighted by molar-refractivity contribution is 5.39. The summed E-state index contributed by atoms with van der Waals surface area (Å²) < 4.78 is 0. The highest BCUT2D eigenvalue weighted by atomic mass is 14.9. The summed E-state index contributed by atoms with van der Waals surface area (Å²) in [5.41, 5.74) is 8.20. The maximum atomic E-state index is 5.58. The molecule has 10 heavy (non-hydrogen) atoms. The van der Waals surface area contributed by atoms with E-state index in [4.69, 9.17) is 5.73 Å². The molecule has 3 nitrogen and oxygen atoms in total. The van der Waals surface area contributed by atoms with Crippen LogP contribution in [0.1, 0.15) is 11.3 Å². The van der Waals surface area contributed by atoms with E-state index in [1.54, 1.807) is 0 Å². The molecular weight excluding hydrogens is 126 g/mol. The molecule has 2 rings (SSSR count). The van der Waals surface area contributed by atoms with Crippen molar-refractivity contribution in [2.45, 2.75) is 13.0 Å². The Kier molecular flexibility index (Phi) is 1.17. The van der Waals surface area contributed by atoms with Crippen molar-refractivity contribution in [2.24, 2.45) is 0 Å². The molecule has 0 fully saturated rings. The van der Waals surface area contributed by atoms with Crippen LogP contribution < -0.4 is 11.1 Å². The van der Waals surface area contributed by atoms with Gasteiger partial charge in [-0.2, -0.15) is 0 Å². The average Bonchev–Trinajstić information content (AvgIpc) is 2.27. The number of rotatable bonds is 0. The van der Waals surface area contributed by atoms with Crippen molar-refractivity contribution in [3.63, 3.8) is 0 Å². The molecule has 0 unspecified atom stereocenters. The Labute approximate surface area is 59.6 Å². The number of anilines is 1. The second-order valence-electron chi connectivity index (χ2n) is 2.66. The van der Waals surface area contributed by atoms with Crippen LogP contribution in [0.2, 0.25) is 0 Å². The highest BCUT2D eigenvalue weighted by Crippen LogP contribution is 2.15. The lowest BCUT2D eigenvalue weighted by Gasteiger charge is -2.11. The normalized spacial score (nSPS) is 16.8. The number of hydrogen-bond acceptors (Lipinski definition) is 2. The van der Waals surface area contributed by atoms with Gasteiger partial charge in [-0.1, -0.05) is 0 Å². The lowest BCUT2D eigenvalue weighted by molar-refractivity contribution is 0.635. The number of nitrogens with two attached hydrogens (primary N) is 1. The van der Waals surface area contributed by atoms with E-state index in [1.807, 2.05) is 6.07 Å². The fourth-order valence-corrected chi connectivity index (χ4v) is 1.38. The van der Waals surface area contributed by atoms with E-state index >= 15 is 0 Å².